The number of ether oxygens (including phenoxy) is 1. The molecule has 7 heteroatoms. The molecule has 1 saturated carbocycles. The molecular formula is C30H37F2NO4. The standard InChI is InChI=1S/C30H37F2NO4/c1-17-7-9-20(10-8-17)24-18(2)22-15-33(27(34)21-11-13-30(31,32)14-12-21)16-23(22)19(3)25(24)26(28(35)36)37-29(4,5)6/h7-10,21,26H,11-16H2,1-6H3,(H,35,36). The Morgan fingerprint density at radius 1 is 1.00 bits per heavy atom. The molecule has 1 N–H and O–H groups in total. The molecule has 1 unspecified atom stereocenters. The minimum atomic E-state index is -2.69. The van der Waals surface area contributed by atoms with Crippen LogP contribution in [-0.2, 0) is 27.4 Å². The van der Waals surface area contributed by atoms with Crippen LogP contribution in [0.3, 0.4) is 0 Å². The largest absolute Gasteiger partial charge is 0.479 e. The van der Waals surface area contributed by atoms with Crippen molar-refractivity contribution in [3.63, 3.8) is 0 Å². The monoisotopic (exact) mass is 513 g/mol. The van der Waals surface area contributed by atoms with Crippen LogP contribution in [0.1, 0.15) is 85.9 Å². The smallest absolute Gasteiger partial charge is 0.337 e. The first kappa shape index (κ1) is 27.2. The fraction of sp³-hybridized carbons (Fsp3) is 0.533. The molecule has 1 aliphatic heterocycles. The van der Waals surface area contributed by atoms with E-state index in [2.05, 4.69) is 0 Å². The molecule has 2 aliphatic rings. The van der Waals surface area contributed by atoms with Gasteiger partial charge in [0.2, 0.25) is 11.8 Å². The number of amides is 1. The van der Waals surface area contributed by atoms with Crippen molar-refractivity contribution in [1.82, 2.24) is 4.90 Å². The highest BCUT2D eigenvalue weighted by Gasteiger charge is 2.41. The van der Waals surface area contributed by atoms with Gasteiger partial charge in [-0.1, -0.05) is 29.8 Å². The van der Waals surface area contributed by atoms with E-state index in [4.69, 9.17) is 4.74 Å². The van der Waals surface area contributed by atoms with Gasteiger partial charge in [0, 0.05) is 37.4 Å². The number of fused-ring (bicyclic) bond motifs is 1. The summed E-state index contributed by atoms with van der Waals surface area (Å²) in [4.78, 5) is 27.7. The third-order valence-corrected chi connectivity index (χ3v) is 7.69. The number of aryl methyl sites for hydroxylation is 1. The summed E-state index contributed by atoms with van der Waals surface area (Å²) >= 11 is 0. The Morgan fingerprint density at radius 3 is 2.05 bits per heavy atom. The lowest BCUT2D eigenvalue weighted by atomic mass is 9.83. The summed E-state index contributed by atoms with van der Waals surface area (Å²) < 4.78 is 33.5. The Hall–Kier alpha value is -2.80. The maximum atomic E-state index is 13.7. The quantitative estimate of drug-likeness (QED) is 0.473. The van der Waals surface area contributed by atoms with Gasteiger partial charge in [0.15, 0.2) is 6.10 Å². The minimum absolute atomic E-state index is 0.0929. The molecule has 1 amide bonds. The van der Waals surface area contributed by atoms with E-state index in [1.54, 1.807) is 4.90 Å². The van der Waals surface area contributed by atoms with Crippen molar-refractivity contribution < 1.29 is 28.2 Å². The highest BCUT2D eigenvalue weighted by Crippen LogP contribution is 2.45. The van der Waals surface area contributed by atoms with Gasteiger partial charge in [-0.3, -0.25) is 4.79 Å². The number of rotatable bonds is 5. The molecule has 1 atom stereocenters. The van der Waals surface area contributed by atoms with Crippen LogP contribution in [0, 0.1) is 26.7 Å². The van der Waals surface area contributed by atoms with Crippen molar-refractivity contribution in [2.75, 3.05) is 0 Å². The minimum Gasteiger partial charge on any atom is -0.479 e. The number of nitrogens with zero attached hydrogens (tertiary/aromatic N) is 1. The number of carbonyl (C=O) groups is 2. The van der Waals surface area contributed by atoms with Crippen LogP contribution >= 0.6 is 0 Å². The highest BCUT2D eigenvalue weighted by molar-refractivity contribution is 5.85. The first-order valence-corrected chi connectivity index (χ1v) is 13.0. The van der Waals surface area contributed by atoms with Crippen LogP contribution in [-0.4, -0.2) is 33.4 Å². The second kappa shape index (κ2) is 9.82. The number of carboxylic acid groups (broad SMARTS) is 1. The van der Waals surface area contributed by atoms with Crippen LogP contribution < -0.4 is 0 Å². The number of aliphatic carboxylic acids is 1. The average Bonchev–Trinajstić information content (AvgIpc) is 3.26. The molecule has 0 saturated heterocycles. The number of benzene rings is 2. The molecule has 200 valence electrons. The van der Waals surface area contributed by atoms with E-state index in [9.17, 15) is 23.5 Å². The van der Waals surface area contributed by atoms with E-state index in [-0.39, 0.29) is 31.6 Å². The summed E-state index contributed by atoms with van der Waals surface area (Å²) in [7, 11) is 0. The predicted molar refractivity (Wildman–Crippen MR) is 138 cm³/mol. The molecule has 0 spiro atoms. The molecule has 37 heavy (non-hydrogen) atoms. The van der Waals surface area contributed by atoms with Crippen LogP contribution in [0.4, 0.5) is 8.78 Å². The zero-order valence-corrected chi connectivity index (χ0v) is 22.6. The van der Waals surface area contributed by atoms with Gasteiger partial charge in [-0.05, 0) is 87.8 Å². The van der Waals surface area contributed by atoms with E-state index in [0.717, 1.165) is 38.9 Å². The number of hydrogen-bond acceptors (Lipinski definition) is 3. The maximum Gasteiger partial charge on any atom is 0.337 e. The molecule has 0 aromatic heterocycles. The second-order valence-electron chi connectivity index (χ2n) is 11.6. The van der Waals surface area contributed by atoms with E-state index >= 15 is 0 Å². The Balaban J connectivity index is 1.80. The number of carbonyl (C=O) groups excluding carboxylic acids is 1. The SMILES string of the molecule is Cc1ccc(-c2c(C)c3c(c(C)c2C(OC(C)(C)C)C(=O)O)CN(C(=O)C2CCC(F)(F)CC2)C3)cc1. The van der Waals surface area contributed by atoms with Gasteiger partial charge in [-0.2, -0.15) is 0 Å². The molecule has 5 nitrogen and oxygen atoms in total. The van der Waals surface area contributed by atoms with Crippen LogP contribution in [0.15, 0.2) is 24.3 Å². The van der Waals surface area contributed by atoms with Crippen LogP contribution in [0.5, 0.6) is 0 Å². The summed E-state index contributed by atoms with van der Waals surface area (Å²) in [6.07, 6.45) is -1.32. The Bertz CT molecular complexity index is 1200. The summed E-state index contributed by atoms with van der Waals surface area (Å²) in [6, 6.07) is 7.97. The number of alkyl halides is 2. The fourth-order valence-corrected chi connectivity index (χ4v) is 5.73. The van der Waals surface area contributed by atoms with Crippen molar-refractivity contribution in [3.8, 4) is 11.1 Å². The highest BCUT2D eigenvalue weighted by atomic mass is 19.3. The van der Waals surface area contributed by atoms with Crippen molar-refractivity contribution >= 4 is 11.9 Å². The molecule has 2 aromatic carbocycles. The molecule has 4 rings (SSSR count). The third kappa shape index (κ3) is 5.57. The molecular weight excluding hydrogens is 476 g/mol. The summed E-state index contributed by atoms with van der Waals surface area (Å²) in [5.74, 6) is -4.25. The fourth-order valence-electron chi connectivity index (χ4n) is 5.73. The van der Waals surface area contributed by atoms with Gasteiger partial charge < -0.3 is 14.7 Å². The lowest BCUT2D eigenvalue weighted by molar-refractivity contribution is -0.160. The first-order valence-electron chi connectivity index (χ1n) is 13.0. The van der Waals surface area contributed by atoms with Crippen LogP contribution in [0.2, 0.25) is 0 Å². The Labute approximate surface area is 217 Å². The summed E-state index contributed by atoms with van der Waals surface area (Å²) in [5.41, 5.74) is 6.38. The topological polar surface area (TPSA) is 66.8 Å². The van der Waals surface area contributed by atoms with Gasteiger partial charge in [0.1, 0.15) is 0 Å². The van der Waals surface area contributed by atoms with Gasteiger partial charge in [0.25, 0.3) is 0 Å². The van der Waals surface area contributed by atoms with Crippen LogP contribution in [0.25, 0.3) is 11.1 Å². The van der Waals surface area contributed by atoms with E-state index in [1.807, 2.05) is 65.8 Å². The van der Waals surface area contributed by atoms with Gasteiger partial charge >= 0.3 is 5.97 Å². The Morgan fingerprint density at radius 2 is 1.54 bits per heavy atom. The lowest BCUT2D eigenvalue weighted by Gasteiger charge is -2.30. The number of halogens is 2. The maximum absolute atomic E-state index is 13.7. The predicted octanol–water partition coefficient (Wildman–Crippen LogP) is 6.89. The van der Waals surface area contributed by atoms with Crippen molar-refractivity contribution in [2.24, 2.45) is 5.92 Å². The van der Waals surface area contributed by atoms with Crippen molar-refractivity contribution in [3.05, 3.63) is 57.6 Å². The van der Waals surface area contributed by atoms with Crippen molar-refractivity contribution in [1.29, 1.82) is 0 Å². The van der Waals surface area contributed by atoms with E-state index in [0.29, 0.717) is 18.7 Å². The molecule has 1 fully saturated rings. The van der Waals surface area contributed by atoms with Gasteiger partial charge in [0.05, 0.1) is 5.60 Å². The first-order chi connectivity index (χ1) is 17.2. The van der Waals surface area contributed by atoms with E-state index < -0.39 is 29.5 Å². The van der Waals surface area contributed by atoms with Crippen molar-refractivity contribution in [2.45, 2.75) is 97.9 Å². The average molecular weight is 514 g/mol. The molecule has 1 heterocycles. The zero-order valence-electron chi connectivity index (χ0n) is 22.6. The summed E-state index contributed by atoms with van der Waals surface area (Å²) in [5, 5.41) is 10.3. The Kier molecular flexibility index (Phi) is 7.23. The molecule has 0 radical (unpaired) electrons. The normalized spacial score (nSPS) is 18.5. The molecule has 1 aliphatic carbocycles. The molecule has 0 bridgehead atoms. The number of carboxylic acids is 1. The van der Waals surface area contributed by atoms with Gasteiger partial charge in [-0.15, -0.1) is 0 Å². The van der Waals surface area contributed by atoms with Gasteiger partial charge in [-0.25, -0.2) is 13.6 Å². The zero-order chi connectivity index (χ0) is 27.3. The summed E-state index contributed by atoms with van der Waals surface area (Å²) in [6.45, 7) is 12.1. The number of hydrogen-bond donors (Lipinski definition) is 1. The third-order valence-electron chi connectivity index (χ3n) is 7.69. The molecule has 2 aromatic rings. The second-order valence-corrected chi connectivity index (χ2v) is 11.6. The van der Waals surface area contributed by atoms with E-state index in [1.165, 1.54) is 0 Å². The lowest BCUT2D eigenvalue weighted by Crippen LogP contribution is -2.36.